The van der Waals surface area contributed by atoms with E-state index in [1.54, 1.807) is 28.8 Å². The Morgan fingerprint density at radius 2 is 0.703 bits per heavy atom. The van der Waals surface area contributed by atoms with Gasteiger partial charge in [-0.15, -0.1) is 0 Å². The third-order valence-corrected chi connectivity index (χ3v) is 12.1. The molecule has 0 fully saturated rings. The van der Waals surface area contributed by atoms with Crippen molar-refractivity contribution in [1.29, 1.82) is 0 Å². The van der Waals surface area contributed by atoms with Crippen molar-refractivity contribution in [3.63, 3.8) is 0 Å². The first-order chi connectivity index (χ1) is 30.6. The van der Waals surface area contributed by atoms with Gasteiger partial charge < -0.3 is 29.4 Å². The molecule has 0 aromatic heterocycles. The lowest BCUT2D eigenvalue weighted by Gasteiger charge is -2.26. The highest BCUT2D eigenvalue weighted by Crippen LogP contribution is 2.36. The molecule has 0 saturated carbocycles. The standard InChI is InChI=1S/C54H58N4O6/c1-54(2,3)64-53(63)58(7)35-49-44-22-14-10-18-40(44)47(41-19-11-15-23-45(41)49)33-56(5)51(60)31-29-37-26-24-36(25-27-37)28-30-50(59)55(4)32-46-38-16-8-12-20-42(38)48(34-57(6)52(61)62)43-21-13-9-17-39(43)46/h8-27H,28-35H2,1-7H3,(H,61,62). The zero-order valence-corrected chi connectivity index (χ0v) is 38.0. The predicted octanol–water partition coefficient (Wildman–Crippen LogP) is 11.0. The van der Waals surface area contributed by atoms with Gasteiger partial charge in [-0.25, -0.2) is 9.59 Å². The number of benzene rings is 7. The van der Waals surface area contributed by atoms with E-state index in [1.165, 1.54) is 4.90 Å². The summed E-state index contributed by atoms with van der Waals surface area (Å²) in [5, 5.41) is 17.8. The van der Waals surface area contributed by atoms with Crippen molar-refractivity contribution in [2.75, 3.05) is 28.2 Å². The van der Waals surface area contributed by atoms with Crippen LogP contribution >= 0.6 is 0 Å². The second kappa shape index (κ2) is 19.2. The average Bonchev–Trinajstić information content (AvgIpc) is 3.28. The number of rotatable bonds is 14. The molecule has 10 nitrogen and oxygen atoms in total. The number of hydrogen-bond donors (Lipinski definition) is 1. The molecule has 7 aromatic rings. The fourth-order valence-corrected chi connectivity index (χ4v) is 8.65. The van der Waals surface area contributed by atoms with Gasteiger partial charge in [0, 0.05) is 67.2 Å². The number of nitrogens with zero attached hydrogens (tertiary/aromatic N) is 4. The molecule has 0 radical (unpaired) electrons. The first-order valence-corrected chi connectivity index (χ1v) is 21.9. The third kappa shape index (κ3) is 10.1. The molecule has 0 spiro atoms. The van der Waals surface area contributed by atoms with Gasteiger partial charge in [0.15, 0.2) is 0 Å². The molecular weight excluding hydrogens is 801 g/mol. The topological polar surface area (TPSA) is 111 Å². The summed E-state index contributed by atoms with van der Waals surface area (Å²) in [4.78, 5) is 58.4. The molecule has 0 unspecified atom stereocenters. The van der Waals surface area contributed by atoms with E-state index < -0.39 is 11.7 Å². The van der Waals surface area contributed by atoms with Crippen molar-refractivity contribution in [2.24, 2.45) is 0 Å². The number of aryl methyl sites for hydroxylation is 2. The lowest BCUT2D eigenvalue weighted by atomic mass is 9.91. The van der Waals surface area contributed by atoms with E-state index in [9.17, 15) is 24.3 Å². The van der Waals surface area contributed by atoms with Crippen molar-refractivity contribution < 1.29 is 29.0 Å². The molecule has 10 heteroatoms. The smallest absolute Gasteiger partial charge is 0.410 e. The number of fused-ring (bicyclic) bond motifs is 4. The summed E-state index contributed by atoms with van der Waals surface area (Å²) in [6.45, 7) is 7.07. The molecular formula is C54H58N4O6. The molecule has 330 valence electrons. The first kappa shape index (κ1) is 45.1. The highest BCUT2D eigenvalue weighted by molar-refractivity contribution is 6.07. The van der Waals surface area contributed by atoms with Crippen LogP contribution in [0.2, 0.25) is 0 Å². The molecule has 64 heavy (non-hydrogen) atoms. The zero-order valence-electron chi connectivity index (χ0n) is 38.0. The minimum Gasteiger partial charge on any atom is -0.465 e. The van der Waals surface area contributed by atoms with Gasteiger partial charge in [-0.2, -0.15) is 0 Å². The summed E-state index contributed by atoms with van der Waals surface area (Å²) in [6.07, 6.45) is 0.515. The highest BCUT2D eigenvalue weighted by atomic mass is 16.6. The van der Waals surface area contributed by atoms with Crippen LogP contribution in [0.5, 0.6) is 0 Å². The van der Waals surface area contributed by atoms with Crippen molar-refractivity contribution in [3.8, 4) is 0 Å². The van der Waals surface area contributed by atoms with Gasteiger partial charge in [0.25, 0.3) is 0 Å². The number of ether oxygens (including phenoxy) is 1. The fraction of sp³-hybridized carbons (Fsp3) is 0.296. The van der Waals surface area contributed by atoms with Gasteiger partial charge in [-0.1, -0.05) is 121 Å². The van der Waals surface area contributed by atoms with Crippen LogP contribution < -0.4 is 0 Å². The van der Waals surface area contributed by atoms with Gasteiger partial charge in [0.05, 0.1) is 0 Å². The van der Waals surface area contributed by atoms with Crippen LogP contribution in [0.4, 0.5) is 9.59 Å². The maximum absolute atomic E-state index is 13.7. The Labute approximate surface area is 375 Å². The molecule has 1 N–H and O–H groups in total. The summed E-state index contributed by atoms with van der Waals surface area (Å²) in [5.74, 6) is 0.0753. The predicted molar refractivity (Wildman–Crippen MR) is 256 cm³/mol. The van der Waals surface area contributed by atoms with Gasteiger partial charge in [-0.3, -0.25) is 9.59 Å². The largest absolute Gasteiger partial charge is 0.465 e. The summed E-state index contributed by atoms with van der Waals surface area (Å²) >= 11 is 0. The monoisotopic (exact) mass is 858 g/mol. The van der Waals surface area contributed by atoms with Crippen molar-refractivity contribution in [1.82, 2.24) is 19.6 Å². The Bertz CT molecular complexity index is 2750. The van der Waals surface area contributed by atoms with E-state index in [0.29, 0.717) is 45.3 Å². The fourth-order valence-electron chi connectivity index (χ4n) is 8.65. The number of carbonyl (C=O) groups is 4. The lowest BCUT2D eigenvalue weighted by molar-refractivity contribution is -0.131. The second-order valence-corrected chi connectivity index (χ2v) is 17.9. The maximum Gasteiger partial charge on any atom is 0.410 e. The normalized spacial score (nSPS) is 11.5. The number of carboxylic acid groups (broad SMARTS) is 1. The molecule has 0 aliphatic heterocycles. The SMILES string of the molecule is CN(Cc1c2ccccc2c(CN(C)C(=O)CCc2ccc(CCC(=O)N(C)Cc3c4ccccc4c(CN(C)C(=O)OC(C)(C)C)c4ccccc34)cc2)c2ccccc12)C(=O)O. The van der Waals surface area contributed by atoms with Crippen LogP contribution in [0.1, 0.15) is 67.0 Å². The lowest BCUT2D eigenvalue weighted by Crippen LogP contribution is -2.34. The molecule has 4 amide bonds. The van der Waals surface area contributed by atoms with E-state index >= 15 is 0 Å². The molecule has 0 bridgehead atoms. The van der Waals surface area contributed by atoms with E-state index in [4.69, 9.17) is 4.74 Å². The third-order valence-electron chi connectivity index (χ3n) is 12.1. The maximum atomic E-state index is 13.7. The minimum atomic E-state index is -0.988. The average molecular weight is 859 g/mol. The van der Waals surface area contributed by atoms with Crippen molar-refractivity contribution >= 4 is 67.1 Å². The van der Waals surface area contributed by atoms with Crippen LogP contribution in [-0.4, -0.2) is 82.5 Å². The first-order valence-electron chi connectivity index (χ1n) is 21.9. The van der Waals surface area contributed by atoms with E-state index in [1.807, 2.05) is 132 Å². The van der Waals surface area contributed by atoms with Gasteiger partial charge >= 0.3 is 12.2 Å². The Balaban J connectivity index is 0.976. The molecule has 7 rings (SSSR count). The summed E-state index contributed by atoms with van der Waals surface area (Å²) in [6, 6.07) is 40.6. The Kier molecular flexibility index (Phi) is 13.5. The second-order valence-electron chi connectivity index (χ2n) is 17.9. The molecule has 0 heterocycles. The quantitative estimate of drug-likeness (QED) is 0.109. The molecule has 0 saturated heterocycles. The Morgan fingerprint density at radius 1 is 0.438 bits per heavy atom. The highest BCUT2D eigenvalue weighted by Gasteiger charge is 2.24. The van der Waals surface area contributed by atoms with E-state index in [2.05, 4.69) is 24.3 Å². The Hall–Kier alpha value is -6.94. The van der Waals surface area contributed by atoms with Crippen LogP contribution in [0.3, 0.4) is 0 Å². The number of amides is 4. The van der Waals surface area contributed by atoms with Crippen molar-refractivity contribution in [2.45, 2.75) is 78.2 Å². The van der Waals surface area contributed by atoms with E-state index in [0.717, 1.165) is 76.5 Å². The van der Waals surface area contributed by atoms with Gasteiger partial charge in [0.2, 0.25) is 11.8 Å². The summed E-state index contributed by atoms with van der Waals surface area (Å²) in [7, 11) is 7.02. The molecule has 0 atom stereocenters. The van der Waals surface area contributed by atoms with E-state index in [-0.39, 0.29) is 24.5 Å². The van der Waals surface area contributed by atoms with Crippen LogP contribution in [0.15, 0.2) is 121 Å². The number of hydrogen-bond acceptors (Lipinski definition) is 5. The van der Waals surface area contributed by atoms with Gasteiger partial charge in [-0.05, 0) is 110 Å². The van der Waals surface area contributed by atoms with Crippen LogP contribution in [0.25, 0.3) is 43.1 Å². The molecule has 0 aliphatic carbocycles. The van der Waals surface area contributed by atoms with Crippen LogP contribution in [0, 0.1) is 0 Å². The van der Waals surface area contributed by atoms with Gasteiger partial charge in [0.1, 0.15) is 5.60 Å². The summed E-state index contributed by atoms with van der Waals surface area (Å²) < 4.78 is 5.65. The van der Waals surface area contributed by atoms with Crippen LogP contribution in [-0.2, 0) is 53.3 Å². The minimum absolute atomic E-state index is 0.0314. The zero-order chi connectivity index (χ0) is 45.7. The number of carbonyl (C=O) groups excluding carboxylic acids is 3. The van der Waals surface area contributed by atoms with Crippen molar-refractivity contribution in [3.05, 3.63) is 155 Å². The molecule has 7 aromatic carbocycles. The molecule has 0 aliphatic rings. The summed E-state index contributed by atoms with van der Waals surface area (Å²) in [5.41, 5.74) is 5.59. The Morgan fingerprint density at radius 3 is 0.969 bits per heavy atom.